The van der Waals surface area contributed by atoms with Crippen molar-refractivity contribution in [2.45, 2.75) is 17.7 Å². The van der Waals surface area contributed by atoms with Gasteiger partial charge >= 0.3 is 0 Å². The number of thiazole rings is 1. The smallest absolute Gasteiger partial charge is 0.267 e. The molecule has 0 fully saturated rings. The third-order valence-electron chi connectivity index (χ3n) is 6.66. The fourth-order valence-electron chi connectivity index (χ4n) is 4.61. The number of anilines is 2. The Morgan fingerprint density at radius 2 is 1.68 bits per heavy atom. The number of carbonyl (C=O) groups excluding carboxylic acids is 1. The zero-order chi connectivity index (χ0) is 28.6. The van der Waals surface area contributed by atoms with Crippen molar-refractivity contribution in [1.29, 1.82) is 0 Å². The third kappa shape index (κ3) is 5.33. The van der Waals surface area contributed by atoms with Gasteiger partial charge in [-0.25, -0.2) is 22.2 Å². The average molecular weight is 589 g/mol. The molecule has 2 heterocycles. The molecule has 5 aromatic rings. The first-order valence-corrected chi connectivity index (χ1v) is 15.0. The molecule has 0 bridgehead atoms. The van der Waals surface area contributed by atoms with Crippen LogP contribution in [0.3, 0.4) is 0 Å². The number of aromatic nitrogens is 1. The van der Waals surface area contributed by atoms with Gasteiger partial charge in [-0.1, -0.05) is 41.7 Å². The molecule has 0 radical (unpaired) electrons. The first-order chi connectivity index (χ1) is 19.8. The normalized spacial score (nSPS) is 13.5. The van der Waals surface area contributed by atoms with Crippen LogP contribution in [0.2, 0.25) is 0 Å². The van der Waals surface area contributed by atoms with Gasteiger partial charge in [-0.05, 0) is 84.6 Å². The number of carbonyl (C=O) groups is 1. The van der Waals surface area contributed by atoms with Crippen LogP contribution in [0.25, 0.3) is 10.2 Å². The summed E-state index contributed by atoms with van der Waals surface area (Å²) in [5, 5.41) is 5.58. The van der Waals surface area contributed by atoms with Crippen LogP contribution in [-0.4, -0.2) is 32.1 Å². The van der Waals surface area contributed by atoms with E-state index in [9.17, 15) is 22.0 Å². The molecule has 0 saturated carbocycles. The van der Waals surface area contributed by atoms with Gasteiger partial charge in [-0.15, -0.1) is 0 Å². The molecule has 0 N–H and O–H groups in total. The summed E-state index contributed by atoms with van der Waals surface area (Å²) in [6.07, 6.45) is 2.90. The van der Waals surface area contributed by atoms with Crippen molar-refractivity contribution in [3.8, 4) is 0 Å². The van der Waals surface area contributed by atoms with E-state index in [0.717, 1.165) is 28.3 Å². The molecule has 1 aromatic heterocycles. The predicted molar refractivity (Wildman–Crippen MR) is 156 cm³/mol. The Kier molecular flexibility index (Phi) is 7.06. The zero-order valence-electron chi connectivity index (χ0n) is 21.4. The minimum Gasteiger partial charge on any atom is -0.267 e. The highest BCUT2D eigenvalue weighted by molar-refractivity contribution is 7.92. The van der Waals surface area contributed by atoms with Crippen molar-refractivity contribution in [3.63, 3.8) is 0 Å². The number of hydrogen-bond donors (Lipinski definition) is 0. The number of rotatable bonds is 6. The number of benzene rings is 4. The van der Waals surface area contributed by atoms with Gasteiger partial charge in [-0.3, -0.25) is 9.10 Å². The Balaban J connectivity index is 1.33. The van der Waals surface area contributed by atoms with Crippen LogP contribution in [0.15, 0.2) is 101 Å². The van der Waals surface area contributed by atoms with Crippen LogP contribution in [0, 0.1) is 11.6 Å². The van der Waals surface area contributed by atoms with E-state index in [1.165, 1.54) is 77.2 Å². The Bertz CT molecular complexity index is 1890. The second-order valence-corrected chi connectivity index (χ2v) is 12.2. The van der Waals surface area contributed by atoms with Crippen molar-refractivity contribution >= 4 is 54.5 Å². The summed E-state index contributed by atoms with van der Waals surface area (Å²) in [6.45, 7) is 0.365. The molecule has 1 aliphatic rings. The molecule has 0 aliphatic carbocycles. The lowest BCUT2D eigenvalue weighted by Crippen LogP contribution is -2.35. The van der Waals surface area contributed by atoms with E-state index in [1.54, 1.807) is 6.07 Å². The van der Waals surface area contributed by atoms with Gasteiger partial charge in [0.25, 0.3) is 15.9 Å². The second-order valence-electron chi connectivity index (χ2n) is 9.36. The lowest BCUT2D eigenvalue weighted by molar-refractivity contribution is 0.0987. The Morgan fingerprint density at radius 3 is 2.46 bits per heavy atom. The highest BCUT2D eigenvalue weighted by atomic mass is 32.2. The molecule has 6 rings (SSSR count). The monoisotopic (exact) mass is 588 g/mol. The van der Waals surface area contributed by atoms with E-state index in [0.29, 0.717) is 34.4 Å². The van der Waals surface area contributed by atoms with Crippen molar-refractivity contribution in [2.75, 3.05) is 15.9 Å². The van der Waals surface area contributed by atoms with E-state index in [1.807, 2.05) is 18.2 Å². The van der Waals surface area contributed by atoms with Gasteiger partial charge in [0.1, 0.15) is 11.6 Å². The van der Waals surface area contributed by atoms with Gasteiger partial charge in [0.2, 0.25) is 5.13 Å². The first kappa shape index (κ1) is 26.7. The molecule has 0 spiro atoms. The maximum atomic E-state index is 13.8. The molecule has 1 amide bonds. The van der Waals surface area contributed by atoms with Crippen LogP contribution in [-0.2, 0) is 16.4 Å². The number of amides is 1. The summed E-state index contributed by atoms with van der Waals surface area (Å²) < 4.78 is 56.2. The number of aryl methyl sites for hydroxylation is 1. The Labute approximate surface area is 239 Å². The lowest BCUT2D eigenvalue weighted by Gasteiger charge is -2.30. The standard InChI is InChI=1S/C30H22F2N4O3S2/c31-23-11-7-20(8-12-23)19-33-36(30-34-26-16-13-24(32)18-28(26)40-30)29(37)22-9-14-25(15-10-22)41(38,39)35-17-3-5-21-4-1-2-6-27(21)35/h1-2,4,6-16,18-19H,3,5,17H2/b33-19+. The topological polar surface area (TPSA) is 82.9 Å². The van der Waals surface area contributed by atoms with Crippen LogP contribution in [0.4, 0.5) is 19.6 Å². The summed E-state index contributed by atoms with van der Waals surface area (Å²) in [7, 11) is -3.86. The van der Waals surface area contributed by atoms with Crippen molar-refractivity contribution < 1.29 is 22.0 Å². The van der Waals surface area contributed by atoms with Crippen molar-refractivity contribution in [1.82, 2.24) is 4.98 Å². The average Bonchev–Trinajstić information content (AvgIpc) is 3.40. The molecule has 11 heteroatoms. The first-order valence-electron chi connectivity index (χ1n) is 12.7. The molecular weight excluding hydrogens is 566 g/mol. The van der Waals surface area contributed by atoms with Crippen LogP contribution < -0.4 is 9.31 Å². The third-order valence-corrected chi connectivity index (χ3v) is 9.48. The van der Waals surface area contributed by atoms with Crippen LogP contribution >= 0.6 is 11.3 Å². The highest BCUT2D eigenvalue weighted by Gasteiger charge is 2.29. The SMILES string of the molecule is O=C(c1ccc(S(=O)(=O)N2CCCc3ccccc32)cc1)N(/N=C/c1ccc(F)cc1)c1nc2ccc(F)cc2s1. The number of nitrogens with zero attached hydrogens (tertiary/aromatic N) is 4. The summed E-state index contributed by atoms with van der Waals surface area (Å²) in [5.74, 6) is -1.42. The molecule has 0 atom stereocenters. The zero-order valence-corrected chi connectivity index (χ0v) is 23.1. The molecule has 7 nitrogen and oxygen atoms in total. The van der Waals surface area contributed by atoms with Crippen molar-refractivity contribution in [3.05, 3.63) is 119 Å². The minimum absolute atomic E-state index is 0.0579. The predicted octanol–water partition coefficient (Wildman–Crippen LogP) is 6.40. The molecule has 1 aliphatic heterocycles. The number of hydrogen-bond acceptors (Lipinski definition) is 6. The number of para-hydroxylation sites is 1. The van der Waals surface area contributed by atoms with E-state index in [-0.39, 0.29) is 15.6 Å². The maximum Gasteiger partial charge on any atom is 0.280 e. The highest BCUT2D eigenvalue weighted by Crippen LogP contribution is 2.33. The van der Waals surface area contributed by atoms with E-state index < -0.39 is 27.6 Å². The van der Waals surface area contributed by atoms with Gasteiger partial charge in [-0.2, -0.15) is 10.1 Å². The molecule has 0 unspecified atom stereocenters. The Morgan fingerprint density at radius 1 is 0.951 bits per heavy atom. The number of fused-ring (bicyclic) bond motifs is 2. The van der Waals surface area contributed by atoms with Gasteiger partial charge in [0, 0.05) is 12.1 Å². The van der Waals surface area contributed by atoms with Gasteiger partial charge in [0.05, 0.1) is 27.0 Å². The fraction of sp³-hybridized carbons (Fsp3) is 0.100. The molecule has 41 heavy (non-hydrogen) atoms. The molecule has 206 valence electrons. The van der Waals surface area contributed by atoms with E-state index >= 15 is 0 Å². The lowest BCUT2D eigenvalue weighted by atomic mass is 10.0. The van der Waals surface area contributed by atoms with E-state index in [2.05, 4.69) is 10.1 Å². The fourth-order valence-corrected chi connectivity index (χ4v) is 7.09. The second kappa shape index (κ2) is 10.8. The van der Waals surface area contributed by atoms with Gasteiger partial charge < -0.3 is 0 Å². The van der Waals surface area contributed by atoms with Crippen LogP contribution in [0.1, 0.15) is 27.9 Å². The Hall–Kier alpha value is -4.48. The number of hydrazone groups is 1. The molecule has 0 saturated heterocycles. The summed E-state index contributed by atoms with van der Waals surface area (Å²) in [5.41, 5.74) is 2.83. The van der Waals surface area contributed by atoms with Gasteiger partial charge in [0.15, 0.2) is 0 Å². The minimum atomic E-state index is -3.86. The molecule has 4 aromatic carbocycles. The number of sulfonamides is 1. The quantitative estimate of drug-likeness (QED) is 0.170. The summed E-state index contributed by atoms with van der Waals surface area (Å²) in [4.78, 5) is 18.2. The van der Waals surface area contributed by atoms with Crippen molar-refractivity contribution in [2.24, 2.45) is 5.10 Å². The maximum absolute atomic E-state index is 13.8. The molecular formula is C30H22F2N4O3S2. The number of halogens is 2. The van der Waals surface area contributed by atoms with Crippen LogP contribution in [0.5, 0.6) is 0 Å². The summed E-state index contributed by atoms with van der Waals surface area (Å²) >= 11 is 1.08. The largest absolute Gasteiger partial charge is 0.280 e. The summed E-state index contributed by atoms with van der Waals surface area (Å²) in [6, 6.07) is 22.7. The van der Waals surface area contributed by atoms with E-state index in [4.69, 9.17) is 0 Å².